The number of carbonyl (C=O) groups excluding carboxylic acids is 2. The van der Waals surface area contributed by atoms with Crippen molar-refractivity contribution in [3.05, 3.63) is 83.7 Å². The molecule has 0 saturated carbocycles. The van der Waals surface area contributed by atoms with Crippen molar-refractivity contribution in [2.45, 2.75) is 17.7 Å². The minimum atomic E-state index is -4.09. The van der Waals surface area contributed by atoms with E-state index in [2.05, 4.69) is 5.32 Å². The molecule has 0 fully saturated rings. The summed E-state index contributed by atoms with van der Waals surface area (Å²) in [5.41, 5.74) is 2.15. The van der Waals surface area contributed by atoms with E-state index in [-0.39, 0.29) is 17.3 Å². The first-order valence-corrected chi connectivity index (χ1v) is 11.2. The molecule has 9 heteroatoms. The van der Waals surface area contributed by atoms with Gasteiger partial charge in [0.05, 0.1) is 11.3 Å². The van der Waals surface area contributed by atoms with E-state index in [0.29, 0.717) is 24.1 Å². The van der Waals surface area contributed by atoms with Crippen molar-refractivity contribution in [1.82, 2.24) is 0 Å². The highest BCUT2D eigenvalue weighted by atomic mass is 32.2. The van der Waals surface area contributed by atoms with Gasteiger partial charge < -0.3 is 10.1 Å². The van der Waals surface area contributed by atoms with Crippen molar-refractivity contribution in [3.8, 4) is 5.75 Å². The van der Waals surface area contributed by atoms with Gasteiger partial charge >= 0.3 is 5.97 Å². The standard InChI is InChI=1S/C23H19FN2O5S/c1-26(32(29,30)21-5-3-2-4-19(21)24)17-8-10-18(11-9-17)31-23(28)16-6-12-20-15(14-16)7-13-22(27)25-20/h2-6,8-12,14H,7,13H2,1H3,(H,25,27). The van der Waals surface area contributed by atoms with E-state index in [4.69, 9.17) is 4.74 Å². The zero-order valence-corrected chi connectivity index (χ0v) is 17.9. The van der Waals surface area contributed by atoms with Crippen molar-refractivity contribution in [3.63, 3.8) is 0 Å². The Morgan fingerprint density at radius 1 is 1.03 bits per heavy atom. The molecule has 1 aliphatic heterocycles. The van der Waals surface area contributed by atoms with Gasteiger partial charge in [0.15, 0.2) is 0 Å². The van der Waals surface area contributed by atoms with E-state index in [1.807, 2.05) is 0 Å². The molecule has 0 radical (unpaired) electrons. The van der Waals surface area contributed by atoms with E-state index >= 15 is 0 Å². The van der Waals surface area contributed by atoms with Crippen LogP contribution in [0.4, 0.5) is 15.8 Å². The highest BCUT2D eigenvalue weighted by molar-refractivity contribution is 7.92. The zero-order valence-electron chi connectivity index (χ0n) is 17.0. The lowest BCUT2D eigenvalue weighted by molar-refractivity contribution is -0.116. The second kappa shape index (κ2) is 8.43. The minimum absolute atomic E-state index is 0.0603. The van der Waals surface area contributed by atoms with E-state index < -0.39 is 26.7 Å². The Kier molecular flexibility index (Phi) is 5.67. The number of rotatable bonds is 5. The Morgan fingerprint density at radius 3 is 2.47 bits per heavy atom. The van der Waals surface area contributed by atoms with Crippen molar-refractivity contribution < 1.29 is 27.1 Å². The van der Waals surface area contributed by atoms with Gasteiger partial charge in [-0.3, -0.25) is 9.10 Å². The number of sulfonamides is 1. The van der Waals surface area contributed by atoms with Crippen molar-refractivity contribution in [1.29, 1.82) is 0 Å². The van der Waals surface area contributed by atoms with Gasteiger partial charge in [-0.15, -0.1) is 0 Å². The number of carbonyl (C=O) groups is 2. The molecule has 0 saturated heterocycles. The molecule has 0 atom stereocenters. The van der Waals surface area contributed by atoms with Crippen LogP contribution < -0.4 is 14.4 Å². The number of esters is 1. The minimum Gasteiger partial charge on any atom is -0.423 e. The Morgan fingerprint density at radius 2 is 1.75 bits per heavy atom. The predicted octanol–water partition coefficient (Wildman–Crippen LogP) is 3.75. The number of halogens is 1. The molecule has 1 aliphatic rings. The summed E-state index contributed by atoms with van der Waals surface area (Å²) < 4.78 is 45.7. The van der Waals surface area contributed by atoms with Gasteiger partial charge in [0.1, 0.15) is 16.5 Å². The molecular weight excluding hydrogens is 435 g/mol. The first-order valence-electron chi connectivity index (χ1n) is 9.74. The summed E-state index contributed by atoms with van der Waals surface area (Å²) in [6, 6.07) is 15.9. The molecule has 32 heavy (non-hydrogen) atoms. The second-order valence-electron chi connectivity index (χ2n) is 7.21. The number of benzene rings is 3. The maximum Gasteiger partial charge on any atom is 0.343 e. The van der Waals surface area contributed by atoms with Gasteiger partial charge in [-0.25, -0.2) is 17.6 Å². The average Bonchev–Trinajstić information content (AvgIpc) is 2.79. The van der Waals surface area contributed by atoms with Crippen LogP contribution in [0.2, 0.25) is 0 Å². The van der Waals surface area contributed by atoms with Gasteiger partial charge in [-0.1, -0.05) is 12.1 Å². The molecule has 1 heterocycles. The highest BCUT2D eigenvalue weighted by Gasteiger charge is 2.24. The van der Waals surface area contributed by atoms with Gasteiger partial charge in [0, 0.05) is 19.2 Å². The SMILES string of the molecule is CN(c1ccc(OC(=O)c2ccc3c(c2)CCC(=O)N3)cc1)S(=O)(=O)c1ccccc1F. The fourth-order valence-corrected chi connectivity index (χ4v) is 4.60. The second-order valence-corrected chi connectivity index (χ2v) is 9.14. The average molecular weight is 454 g/mol. The molecule has 0 spiro atoms. The van der Waals surface area contributed by atoms with Crippen LogP contribution in [0.3, 0.4) is 0 Å². The fourth-order valence-electron chi connectivity index (χ4n) is 3.34. The third kappa shape index (κ3) is 4.19. The lowest BCUT2D eigenvalue weighted by Crippen LogP contribution is -2.27. The van der Waals surface area contributed by atoms with Crippen LogP contribution in [-0.2, 0) is 21.2 Å². The zero-order chi connectivity index (χ0) is 22.9. The molecular formula is C23H19FN2O5S. The maximum atomic E-state index is 14.0. The number of anilines is 2. The molecule has 0 aromatic heterocycles. The lowest BCUT2D eigenvalue weighted by atomic mass is 10.0. The van der Waals surface area contributed by atoms with Crippen LogP contribution in [0.5, 0.6) is 5.75 Å². The van der Waals surface area contributed by atoms with E-state index in [1.54, 1.807) is 18.2 Å². The summed E-state index contributed by atoms with van der Waals surface area (Å²) in [6.45, 7) is 0. The van der Waals surface area contributed by atoms with Crippen LogP contribution in [0.25, 0.3) is 0 Å². The molecule has 1 amide bonds. The molecule has 0 aliphatic carbocycles. The Hall–Kier alpha value is -3.72. The van der Waals surface area contributed by atoms with Crippen LogP contribution in [0.1, 0.15) is 22.3 Å². The Balaban J connectivity index is 1.49. The molecule has 3 aromatic rings. The van der Waals surface area contributed by atoms with Crippen molar-refractivity contribution >= 4 is 33.3 Å². The number of aryl methyl sites for hydroxylation is 1. The number of nitrogens with one attached hydrogen (secondary N) is 1. The molecule has 164 valence electrons. The number of amides is 1. The third-order valence-electron chi connectivity index (χ3n) is 5.12. The van der Waals surface area contributed by atoms with E-state index in [9.17, 15) is 22.4 Å². The smallest absolute Gasteiger partial charge is 0.343 e. The number of ether oxygens (including phenoxy) is 1. The molecule has 0 unspecified atom stereocenters. The number of hydrogen-bond acceptors (Lipinski definition) is 5. The summed E-state index contributed by atoms with van der Waals surface area (Å²) >= 11 is 0. The first-order chi connectivity index (χ1) is 15.3. The van der Waals surface area contributed by atoms with Gasteiger partial charge in [-0.2, -0.15) is 0 Å². The van der Waals surface area contributed by atoms with Crippen LogP contribution >= 0.6 is 0 Å². The Labute approximate surface area is 184 Å². The summed E-state index contributed by atoms with van der Waals surface area (Å²) in [7, 11) is -2.78. The normalized spacial score (nSPS) is 13.1. The molecule has 3 aromatic carbocycles. The van der Waals surface area contributed by atoms with Crippen LogP contribution in [0, 0.1) is 5.82 Å². The molecule has 4 rings (SSSR count). The van der Waals surface area contributed by atoms with Crippen molar-refractivity contribution in [2.24, 2.45) is 0 Å². The van der Waals surface area contributed by atoms with Gasteiger partial charge in [-0.05, 0) is 66.6 Å². The number of hydrogen-bond donors (Lipinski definition) is 1. The monoisotopic (exact) mass is 454 g/mol. The van der Waals surface area contributed by atoms with Gasteiger partial charge in [0.25, 0.3) is 10.0 Å². The highest BCUT2D eigenvalue weighted by Crippen LogP contribution is 2.27. The maximum absolute atomic E-state index is 14.0. The topological polar surface area (TPSA) is 92.8 Å². The van der Waals surface area contributed by atoms with Crippen LogP contribution in [0.15, 0.2) is 71.6 Å². The molecule has 7 nitrogen and oxygen atoms in total. The third-order valence-corrected chi connectivity index (χ3v) is 6.94. The Bertz CT molecular complexity index is 1310. The fraction of sp³-hybridized carbons (Fsp3) is 0.130. The van der Waals surface area contributed by atoms with Crippen LogP contribution in [-0.4, -0.2) is 27.3 Å². The largest absolute Gasteiger partial charge is 0.423 e. The summed E-state index contributed by atoms with van der Waals surface area (Å²) in [6.07, 6.45) is 0.899. The summed E-state index contributed by atoms with van der Waals surface area (Å²) in [4.78, 5) is 23.5. The van der Waals surface area contributed by atoms with Crippen molar-refractivity contribution in [2.75, 3.05) is 16.7 Å². The van der Waals surface area contributed by atoms with E-state index in [0.717, 1.165) is 15.9 Å². The first kappa shape index (κ1) is 21.5. The quantitative estimate of drug-likeness (QED) is 0.468. The summed E-state index contributed by atoms with van der Waals surface area (Å²) in [5.74, 6) is -1.25. The van der Waals surface area contributed by atoms with Gasteiger partial charge in [0.2, 0.25) is 5.91 Å². The predicted molar refractivity (Wildman–Crippen MR) is 117 cm³/mol. The van der Waals surface area contributed by atoms with E-state index in [1.165, 1.54) is 49.5 Å². The molecule has 0 bridgehead atoms. The summed E-state index contributed by atoms with van der Waals surface area (Å²) in [5, 5.41) is 2.75. The molecule has 1 N–H and O–H groups in total. The number of fused-ring (bicyclic) bond motifs is 1. The number of nitrogens with zero attached hydrogens (tertiary/aromatic N) is 1. The lowest BCUT2D eigenvalue weighted by Gasteiger charge is -2.20.